The number of halogens is 1. The summed E-state index contributed by atoms with van der Waals surface area (Å²) >= 11 is 0. The van der Waals surface area contributed by atoms with Gasteiger partial charge in [-0.1, -0.05) is 0 Å². The molecule has 1 aliphatic heterocycles. The van der Waals surface area contributed by atoms with Crippen LogP contribution in [0, 0.1) is 5.82 Å². The summed E-state index contributed by atoms with van der Waals surface area (Å²) in [5.74, 6) is -1.64. The van der Waals surface area contributed by atoms with Crippen molar-refractivity contribution < 1.29 is 19.0 Å². The van der Waals surface area contributed by atoms with E-state index in [2.05, 4.69) is 0 Å². The Labute approximate surface area is 150 Å². The maximum atomic E-state index is 14.9. The van der Waals surface area contributed by atoms with Crippen LogP contribution in [0.5, 0.6) is 5.75 Å². The van der Waals surface area contributed by atoms with Crippen molar-refractivity contribution in [3.8, 4) is 5.75 Å². The van der Waals surface area contributed by atoms with Crippen molar-refractivity contribution in [1.29, 1.82) is 0 Å². The number of aromatic carboxylic acids is 1. The number of nitrogens with zero attached hydrogens (tertiary/aromatic N) is 3. The Balaban J connectivity index is 2.29. The van der Waals surface area contributed by atoms with E-state index < -0.39 is 17.2 Å². The zero-order valence-electron chi connectivity index (χ0n) is 15.2. The Kier molecular flexibility index (Phi) is 4.62. The maximum absolute atomic E-state index is 14.9. The number of ether oxygens (including phenoxy) is 1. The normalized spacial score (nSPS) is 16.0. The van der Waals surface area contributed by atoms with Gasteiger partial charge in [-0.3, -0.25) is 4.79 Å². The van der Waals surface area contributed by atoms with Crippen LogP contribution in [0.4, 0.5) is 10.1 Å². The van der Waals surface area contributed by atoms with E-state index in [1.165, 1.54) is 6.20 Å². The number of anilines is 1. The highest BCUT2D eigenvalue weighted by molar-refractivity contribution is 5.97. The third-order valence-electron chi connectivity index (χ3n) is 4.64. The molecule has 7 nitrogen and oxygen atoms in total. The zero-order valence-corrected chi connectivity index (χ0v) is 15.2. The summed E-state index contributed by atoms with van der Waals surface area (Å²) in [5.41, 5.74) is -0.358. The predicted octanol–water partition coefficient (Wildman–Crippen LogP) is 1.79. The molecule has 1 aromatic heterocycles. The number of carboxylic acids is 1. The predicted molar refractivity (Wildman–Crippen MR) is 97.2 cm³/mol. The summed E-state index contributed by atoms with van der Waals surface area (Å²) in [7, 11) is 5.62. The zero-order chi connectivity index (χ0) is 19.2. The fourth-order valence-electron chi connectivity index (χ4n) is 3.18. The Morgan fingerprint density at radius 3 is 2.69 bits per heavy atom. The van der Waals surface area contributed by atoms with Crippen LogP contribution in [-0.4, -0.2) is 61.4 Å². The van der Waals surface area contributed by atoms with Gasteiger partial charge in [0.25, 0.3) is 0 Å². The monoisotopic (exact) mass is 363 g/mol. The SMILES string of the molecule is C[C@H]1COc2c(N(C)CCN(C)C)c(F)cc3c(=O)c(C(=O)O)cn1c23. The van der Waals surface area contributed by atoms with E-state index in [0.29, 0.717) is 18.6 Å². The summed E-state index contributed by atoms with van der Waals surface area (Å²) in [5, 5.41) is 9.32. The fourth-order valence-corrected chi connectivity index (χ4v) is 3.18. The summed E-state index contributed by atoms with van der Waals surface area (Å²) in [6.45, 7) is 3.41. The number of carbonyl (C=O) groups is 1. The van der Waals surface area contributed by atoms with Gasteiger partial charge in [0.05, 0.1) is 16.9 Å². The van der Waals surface area contributed by atoms with E-state index in [0.717, 1.165) is 6.07 Å². The van der Waals surface area contributed by atoms with Crippen molar-refractivity contribution >= 4 is 22.6 Å². The molecule has 0 bridgehead atoms. The van der Waals surface area contributed by atoms with Gasteiger partial charge in [0, 0.05) is 26.3 Å². The highest BCUT2D eigenvalue weighted by Crippen LogP contribution is 2.41. The molecule has 0 saturated heterocycles. The molecule has 1 aliphatic rings. The smallest absolute Gasteiger partial charge is 0.341 e. The van der Waals surface area contributed by atoms with Crippen molar-refractivity contribution in [3.63, 3.8) is 0 Å². The van der Waals surface area contributed by atoms with E-state index in [-0.39, 0.29) is 35.0 Å². The molecule has 0 amide bonds. The summed E-state index contributed by atoms with van der Waals surface area (Å²) in [4.78, 5) is 27.7. The first kappa shape index (κ1) is 18.2. The number of carboxylic acid groups (broad SMARTS) is 1. The van der Waals surface area contributed by atoms with Crippen molar-refractivity contribution in [2.75, 3.05) is 45.7 Å². The van der Waals surface area contributed by atoms with Crippen LogP contribution in [0.3, 0.4) is 0 Å². The first-order chi connectivity index (χ1) is 12.2. The molecule has 0 fully saturated rings. The third kappa shape index (κ3) is 2.90. The summed E-state index contributed by atoms with van der Waals surface area (Å²) in [6.07, 6.45) is 1.32. The Hall–Kier alpha value is -2.61. The number of hydrogen-bond acceptors (Lipinski definition) is 5. The molecule has 26 heavy (non-hydrogen) atoms. The lowest BCUT2D eigenvalue weighted by atomic mass is 10.1. The molecule has 1 atom stereocenters. The molecule has 1 N–H and O–H groups in total. The van der Waals surface area contributed by atoms with Crippen molar-refractivity contribution in [2.24, 2.45) is 0 Å². The number of aromatic nitrogens is 1. The van der Waals surface area contributed by atoms with Crippen LogP contribution >= 0.6 is 0 Å². The van der Waals surface area contributed by atoms with Crippen LogP contribution < -0.4 is 15.1 Å². The highest BCUT2D eigenvalue weighted by atomic mass is 19.1. The molecule has 140 valence electrons. The second-order valence-electron chi connectivity index (χ2n) is 6.90. The van der Waals surface area contributed by atoms with Gasteiger partial charge in [-0.25, -0.2) is 9.18 Å². The van der Waals surface area contributed by atoms with Gasteiger partial charge in [-0.15, -0.1) is 0 Å². The molecule has 0 spiro atoms. The van der Waals surface area contributed by atoms with Gasteiger partial charge in [-0.2, -0.15) is 0 Å². The van der Waals surface area contributed by atoms with Crippen LogP contribution in [0.15, 0.2) is 17.1 Å². The molecule has 0 unspecified atom stereocenters. The van der Waals surface area contributed by atoms with Crippen molar-refractivity contribution in [2.45, 2.75) is 13.0 Å². The molecule has 8 heteroatoms. The lowest BCUT2D eigenvalue weighted by Crippen LogP contribution is -2.31. The van der Waals surface area contributed by atoms with Gasteiger partial charge in [0.15, 0.2) is 11.6 Å². The van der Waals surface area contributed by atoms with Crippen LogP contribution in [0.25, 0.3) is 10.9 Å². The molecule has 0 aliphatic carbocycles. The van der Waals surface area contributed by atoms with Crippen LogP contribution in [0.1, 0.15) is 23.3 Å². The van der Waals surface area contributed by atoms with Gasteiger partial charge in [0.2, 0.25) is 5.43 Å². The van der Waals surface area contributed by atoms with Crippen LogP contribution in [0.2, 0.25) is 0 Å². The van der Waals surface area contributed by atoms with Crippen LogP contribution in [-0.2, 0) is 0 Å². The fraction of sp³-hybridized carbons (Fsp3) is 0.444. The van der Waals surface area contributed by atoms with E-state index in [4.69, 9.17) is 4.74 Å². The molecular weight excluding hydrogens is 341 g/mol. The first-order valence-electron chi connectivity index (χ1n) is 8.35. The number of pyridine rings is 1. The average molecular weight is 363 g/mol. The lowest BCUT2D eigenvalue weighted by molar-refractivity contribution is 0.0694. The van der Waals surface area contributed by atoms with Crippen molar-refractivity contribution in [1.82, 2.24) is 9.47 Å². The van der Waals surface area contributed by atoms with Crippen molar-refractivity contribution in [3.05, 3.63) is 33.9 Å². The minimum atomic E-state index is -1.33. The second-order valence-corrected chi connectivity index (χ2v) is 6.90. The molecule has 2 aromatic rings. The number of likely N-dealkylation sites (N-methyl/N-ethyl adjacent to an activating group) is 2. The minimum absolute atomic E-state index is 0.0220. The topological polar surface area (TPSA) is 75.0 Å². The van der Waals surface area contributed by atoms with Gasteiger partial charge in [-0.05, 0) is 27.1 Å². The first-order valence-corrected chi connectivity index (χ1v) is 8.35. The molecule has 3 rings (SSSR count). The van der Waals surface area contributed by atoms with E-state index in [1.54, 1.807) is 16.5 Å². The van der Waals surface area contributed by atoms with E-state index in [1.807, 2.05) is 25.9 Å². The second kappa shape index (κ2) is 6.60. The third-order valence-corrected chi connectivity index (χ3v) is 4.64. The van der Waals surface area contributed by atoms with Gasteiger partial charge < -0.3 is 24.2 Å². The molecule has 0 radical (unpaired) electrons. The molecule has 0 saturated carbocycles. The number of hydrogen-bond donors (Lipinski definition) is 1. The quantitative estimate of drug-likeness (QED) is 0.873. The largest absolute Gasteiger partial charge is 0.487 e. The van der Waals surface area contributed by atoms with E-state index >= 15 is 0 Å². The molecule has 2 heterocycles. The Morgan fingerprint density at radius 2 is 2.08 bits per heavy atom. The van der Waals surface area contributed by atoms with E-state index in [9.17, 15) is 19.1 Å². The summed E-state index contributed by atoms with van der Waals surface area (Å²) < 4.78 is 22.4. The average Bonchev–Trinajstić information content (AvgIpc) is 2.57. The van der Waals surface area contributed by atoms with Gasteiger partial charge >= 0.3 is 5.97 Å². The standard InChI is InChI=1S/C18H22FN3O4/c1-10-9-26-17-14-11(16(23)12(18(24)25)8-22(10)14)7-13(19)15(17)21(4)6-5-20(2)3/h7-8,10H,5-6,9H2,1-4H3,(H,24,25)/t10-/m0/s1. The minimum Gasteiger partial charge on any atom is -0.487 e. The summed E-state index contributed by atoms with van der Waals surface area (Å²) in [6, 6.07) is 0.946. The highest BCUT2D eigenvalue weighted by Gasteiger charge is 2.29. The lowest BCUT2D eigenvalue weighted by Gasteiger charge is -2.31. The Bertz CT molecular complexity index is 938. The van der Waals surface area contributed by atoms with Gasteiger partial charge in [0.1, 0.15) is 17.9 Å². The maximum Gasteiger partial charge on any atom is 0.341 e. The number of rotatable bonds is 5. The Morgan fingerprint density at radius 1 is 1.38 bits per heavy atom. The number of benzene rings is 1. The molecular formula is C18H22FN3O4. The molecule has 1 aromatic carbocycles.